The molecule has 3 rings (SSSR count). The van der Waals surface area contributed by atoms with Crippen LogP contribution in [0.1, 0.15) is 27.0 Å². The lowest BCUT2D eigenvalue weighted by Gasteiger charge is -2.18. The Hall–Kier alpha value is -2.29. The number of hydrogen-bond acceptors (Lipinski definition) is 3. The average Bonchev–Trinajstić information content (AvgIpc) is 2.32. The highest BCUT2D eigenvalue weighted by molar-refractivity contribution is 6.12. The lowest BCUT2D eigenvalue weighted by Crippen LogP contribution is -2.14. The first-order chi connectivity index (χ1) is 8.16. The smallest absolute Gasteiger partial charge is 0.193 e. The number of rotatable bonds is 0. The lowest BCUT2D eigenvalue weighted by molar-refractivity contribution is 0.103. The van der Waals surface area contributed by atoms with Crippen LogP contribution in [0.25, 0.3) is 0 Å². The summed E-state index contributed by atoms with van der Waals surface area (Å²) in [6, 6.07) is 10.2. The minimum absolute atomic E-state index is 0.0999. The third-order valence-electron chi connectivity index (χ3n) is 3.09. The second-order valence-corrected chi connectivity index (χ2v) is 4.16. The van der Waals surface area contributed by atoms with Crippen LogP contribution in [0.3, 0.4) is 0 Å². The monoisotopic (exact) mass is 226 g/mol. The quantitative estimate of drug-likeness (QED) is 0.578. The van der Waals surface area contributed by atoms with E-state index in [0.29, 0.717) is 17.5 Å². The Balaban J connectivity index is 2.23. The first kappa shape index (κ1) is 9.90. The largest absolute Gasteiger partial charge is 0.504 e. The maximum atomic E-state index is 12.2. The van der Waals surface area contributed by atoms with Gasteiger partial charge in [-0.2, -0.15) is 0 Å². The molecule has 0 amide bonds. The molecule has 0 heterocycles. The van der Waals surface area contributed by atoms with Crippen LogP contribution in [0.5, 0.6) is 11.5 Å². The van der Waals surface area contributed by atoms with Gasteiger partial charge in [0.15, 0.2) is 17.3 Å². The topological polar surface area (TPSA) is 57.5 Å². The highest BCUT2D eigenvalue weighted by Gasteiger charge is 2.24. The number of carbonyl (C=O) groups excluding carboxylic acids is 1. The molecule has 0 atom stereocenters. The SMILES string of the molecule is O=C1c2ccccc2Cc2cc(O)c(O)cc21. The number of aromatic hydroxyl groups is 2. The number of phenols is 2. The molecule has 0 saturated heterocycles. The Morgan fingerprint density at radius 2 is 1.59 bits per heavy atom. The fourth-order valence-electron chi connectivity index (χ4n) is 2.22. The predicted octanol–water partition coefficient (Wildman–Crippen LogP) is 2.23. The molecule has 17 heavy (non-hydrogen) atoms. The number of hydrogen-bond donors (Lipinski definition) is 2. The van der Waals surface area contributed by atoms with E-state index in [1.807, 2.05) is 18.2 Å². The molecule has 0 aliphatic heterocycles. The van der Waals surface area contributed by atoms with Crippen molar-refractivity contribution in [3.8, 4) is 11.5 Å². The first-order valence-corrected chi connectivity index (χ1v) is 5.34. The molecule has 0 aromatic heterocycles. The van der Waals surface area contributed by atoms with Gasteiger partial charge in [0.1, 0.15) is 0 Å². The van der Waals surface area contributed by atoms with Crippen LogP contribution in [-0.2, 0) is 6.42 Å². The molecule has 0 unspecified atom stereocenters. The van der Waals surface area contributed by atoms with E-state index in [4.69, 9.17) is 0 Å². The molecule has 0 fully saturated rings. The van der Waals surface area contributed by atoms with Gasteiger partial charge < -0.3 is 10.2 Å². The first-order valence-electron chi connectivity index (χ1n) is 5.34. The molecule has 2 aromatic rings. The third kappa shape index (κ3) is 1.40. The van der Waals surface area contributed by atoms with Gasteiger partial charge in [-0.3, -0.25) is 4.79 Å². The van der Waals surface area contributed by atoms with Crippen molar-refractivity contribution in [3.63, 3.8) is 0 Å². The van der Waals surface area contributed by atoms with E-state index in [1.54, 1.807) is 6.07 Å². The molecule has 1 aliphatic carbocycles. The molecule has 0 spiro atoms. The number of fused-ring (bicyclic) bond motifs is 2. The zero-order valence-electron chi connectivity index (χ0n) is 8.97. The van der Waals surface area contributed by atoms with Gasteiger partial charge in [0.05, 0.1) is 0 Å². The van der Waals surface area contributed by atoms with E-state index in [-0.39, 0.29) is 17.3 Å². The van der Waals surface area contributed by atoms with E-state index in [2.05, 4.69) is 0 Å². The maximum absolute atomic E-state index is 12.2. The van der Waals surface area contributed by atoms with Crippen LogP contribution >= 0.6 is 0 Å². The maximum Gasteiger partial charge on any atom is 0.193 e. The Morgan fingerprint density at radius 3 is 2.41 bits per heavy atom. The van der Waals surface area contributed by atoms with Gasteiger partial charge in [-0.25, -0.2) is 0 Å². The van der Waals surface area contributed by atoms with Crippen molar-refractivity contribution >= 4 is 5.78 Å². The summed E-state index contributed by atoms with van der Waals surface area (Å²) in [6.45, 7) is 0. The summed E-state index contributed by atoms with van der Waals surface area (Å²) in [5.41, 5.74) is 2.85. The van der Waals surface area contributed by atoms with Crippen molar-refractivity contribution in [1.29, 1.82) is 0 Å². The van der Waals surface area contributed by atoms with Crippen LogP contribution in [-0.4, -0.2) is 16.0 Å². The summed E-state index contributed by atoms with van der Waals surface area (Å²) < 4.78 is 0. The standard InChI is InChI=1S/C14H10O3/c15-12-6-9-5-8-3-1-2-4-10(8)14(17)11(9)7-13(12)16/h1-4,6-7,15-16H,5H2. The van der Waals surface area contributed by atoms with Gasteiger partial charge in [-0.1, -0.05) is 24.3 Å². The summed E-state index contributed by atoms with van der Waals surface area (Å²) in [5, 5.41) is 18.9. The van der Waals surface area contributed by atoms with Crippen LogP contribution < -0.4 is 0 Å². The Bertz CT molecular complexity index is 629. The highest BCUT2D eigenvalue weighted by atomic mass is 16.3. The van der Waals surface area contributed by atoms with Crippen molar-refractivity contribution in [2.45, 2.75) is 6.42 Å². The molecule has 2 aromatic carbocycles. The van der Waals surface area contributed by atoms with Gasteiger partial charge in [0.25, 0.3) is 0 Å². The van der Waals surface area contributed by atoms with Gasteiger partial charge in [-0.05, 0) is 29.7 Å². The molecule has 1 aliphatic rings. The third-order valence-corrected chi connectivity index (χ3v) is 3.09. The highest BCUT2D eigenvalue weighted by Crippen LogP contribution is 2.34. The van der Waals surface area contributed by atoms with Crippen LogP contribution in [0, 0.1) is 0 Å². The van der Waals surface area contributed by atoms with Crippen LogP contribution in [0.2, 0.25) is 0 Å². The summed E-state index contributed by atoms with van der Waals surface area (Å²) in [4.78, 5) is 12.2. The van der Waals surface area contributed by atoms with Gasteiger partial charge in [-0.15, -0.1) is 0 Å². The van der Waals surface area contributed by atoms with E-state index in [9.17, 15) is 15.0 Å². The number of phenolic OH excluding ortho intramolecular Hbond substituents is 2. The minimum atomic E-state index is -0.253. The van der Waals surface area contributed by atoms with E-state index < -0.39 is 0 Å². The van der Waals surface area contributed by atoms with Gasteiger partial charge >= 0.3 is 0 Å². The van der Waals surface area contributed by atoms with Crippen molar-refractivity contribution in [2.75, 3.05) is 0 Å². The summed E-state index contributed by atoms with van der Waals surface area (Å²) in [6.07, 6.45) is 0.602. The molecular weight excluding hydrogens is 216 g/mol. The van der Waals surface area contributed by atoms with Crippen LogP contribution in [0.15, 0.2) is 36.4 Å². The lowest BCUT2D eigenvalue weighted by atomic mass is 9.85. The van der Waals surface area contributed by atoms with Crippen LogP contribution in [0.4, 0.5) is 0 Å². The Morgan fingerprint density at radius 1 is 0.882 bits per heavy atom. The van der Waals surface area contributed by atoms with Gasteiger partial charge in [0, 0.05) is 11.1 Å². The van der Waals surface area contributed by atoms with Crippen molar-refractivity contribution in [3.05, 3.63) is 58.7 Å². The minimum Gasteiger partial charge on any atom is -0.504 e. The summed E-state index contributed by atoms with van der Waals surface area (Å²) in [7, 11) is 0. The molecule has 2 N–H and O–H groups in total. The summed E-state index contributed by atoms with van der Waals surface area (Å²) in [5.74, 6) is -0.537. The summed E-state index contributed by atoms with van der Waals surface area (Å²) >= 11 is 0. The molecule has 3 nitrogen and oxygen atoms in total. The number of ketones is 1. The normalized spacial score (nSPS) is 13.1. The molecule has 3 heteroatoms. The second kappa shape index (κ2) is 3.35. The number of benzene rings is 2. The second-order valence-electron chi connectivity index (χ2n) is 4.16. The van der Waals surface area contributed by atoms with Gasteiger partial charge in [0.2, 0.25) is 0 Å². The molecule has 0 bridgehead atoms. The van der Waals surface area contributed by atoms with E-state index in [0.717, 1.165) is 11.1 Å². The zero-order chi connectivity index (χ0) is 12.0. The molecule has 0 saturated carbocycles. The average molecular weight is 226 g/mol. The molecular formula is C14H10O3. The molecule has 0 radical (unpaired) electrons. The van der Waals surface area contributed by atoms with Crippen molar-refractivity contribution < 1.29 is 15.0 Å². The fourth-order valence-corrected chi connectivity index (χ4v) is 2.22. The van der Waals surface area contributed by atoms with E-state index in [1.165, 1.54) is 12.1 Å². The Kier molecular flexibility index (Phi) is 1.95. The Labute approximate surface area is 98.0 Å². The van der Waals surface area contributed by atoms with Crippen molar-refractivity contribution in [2.24, 2.45) is 0 Å². The zero-order valence-corrected chi connectivity index (χ0v) is 8.97. The fraction of sp³-hybridized carbons (Fsp3) is 0.0714. The van der Waals surface area contributed by atoms with E-state index >= 15 is 0 Å². The number of carbonyl (C=O) groups is 1. The molecule has 84 valence electrons. The van der Waals surface area contributed by atoms with Crippen molar-refractivity contribution in [1.82, 2.24) is 0 Å². The predicted molar refractivity (Wildman–Crippen MR) is 62.5 cm³/mol.